The van der Waals surface area contributed by atoms with Gasteiger partial charge in [-0.3, -0.25) is 0 Å². The summed E-state index contributed by atoms with van der Waals surface area (Å²) in [5.41, 5.74) is 0.938. The number of fused-ring (bicyclic) bond motifs is 1. The van der Waals surface area contributed by atoms with Crippen molar-refractivity contribution in [3.63, 3.8) is 0 Å². The van der Waals surface area contributed by atoms with Crippen molar-refractivity contribution in [1.29, 1.82) is 0 Å². The van der Waals surface area contributed by atoms with Crippen LogP contribution >= 0.6 is 0 Å². The van der Waals surface area contributed by atoms with E-state index in [4.69, 9.17) is 23.4 Å². The maximum absolute atomic E-state index is 12.5. The summed E-state index contributed by atoms with van der Waals surface area (Å²) in [7, 11) is -2.04. The molecule has 1 N–H and O–H groups in total. The first-order valence-corrected chi connectivity index (χ1v) is 13.5. The van der Waals surface area contributed by atoms with E-state index >= 15 is 0 Å². The van der Waals surface area contributed by atoms with Crippen LogP contribution in [0.5, 0.6) is 0 Å². The number of nitrogens with one attached hydrogen (secondary N) is 1. The van der Waals surface area contributed by atoms with Gasteiger partial charge >= 0.3 is 6.09 Å². The molecule has 0 bridgehead atoms. The summed E-state index contributed by atoms with van der Waals surface area (Å²) in [4.78, 5) is 12.5. The van der Waals surface area contributed by atoms with Gasteiger partial charge < -0.3 is 28.7 Å². The van der Waals surface area contributed by atoms with Crippen molar-refractivity contribution in [2.45, 2.75) is 89.7 Å². The van der Waals surface area contributed by atoms with E-state index in [-0.39, 0.29) is 36.2 Å². The average Bonchev–Trinajstić information content (AvgIpc) is 2.66. The third-order valence-corrected chi connectivity index (χ3v) is 10.6. The van der Waals surface area contributed by atoms with Crippen LogP contribution in [0, 0.1) is 0 Å². The van der Waals surface area contributed by atoms with Gasteiger partial charge in [-0.25, -0.2) is 4.79 Å². The number of carbonyl (C=O) groups is 1. The molecule has 0 spiro atoms. The first-order valence-electron chi connectivity index (χ1n) is 10.6. The molecule has 2 heterocycles. The molecular formula is C22H35NO6Si. The van der Waals surface area contributed by atoms with Gasteiger partial charge in [-0.15, -0.1) is 0 Å². The Hall–Kier alpha value is -1.45. The molecule has 0 aromatic heterocycles. The van der Waals surface area contributed by atoms with E-state index < -0.39 is 20.7 Å². The second-order valence-electron chi connectivity index (χ2n) is 9.53. The molecule has 2 aliphatic heterocycles. The second kappa shape index (κ2) is 9.36. The summed E-state index contributed by atoms with van der Waals surface area (Å²) in [6.07, 6.45) is -1.36. The molecule has 8 heteroatoms. The largest absolute Gasteiger partial charge is 0.445 e. The van der Waals surface area contributed by atoms with Crippen LogP contribution in [0.25, 0.3) is 0 Å². The van der Waals surface area contributed by atoms with Gasteiger partial charge in [0.25, 0.3) is 0 Å². The van der Waals surface area contributed by atoms with Crippen LogP contribution in [0.15, 0.2) is 30.3 Å². The fraction of sp³-hybridized carbons (Fsp3) is 0.682. The lowest BCUT2D eigenvalue weighted by Gasteiger charge is -2.48. The smallest absolute Gasteiger partial charge is 0.407 e. The Morgan fingerprint density at radius 2 is 1.90 bits per heavy atom. The van der Waals surface area contributed by atoms with Crippen LogP contribution in [0.3, 0.4) is 0 Å². The molecule has 1 aromatic rings. The molecule has 2 fully saturated rings. The number of ether oxygens (including phenoxy) is 4. The summed E-state index contributed by atoms with van der Waals surface area (Å²) in [5, 5.41) is 3.03. The molecule has 30 heavy (non-hydrogen) atoms. The Morgan fingerprint density at radius 1 is 1.20 bits per heavy atom. The number of benzene rings is 1. The van der Waals surface area contributed by atoms with Crippen molar-refractivity contribution in [1.82, 2.24) is 5.32 Å². The second-order valence-corrected chi connectivity index (χ2v) is 14.3. The predicted molar refractivity (Wildman–Crippen MR) is 115 cm³/mol. The van der Waals surface area contributed by atoms with Crippen LogP contribution in [-0.4, -0.2) is 51.8 Å². The lowest BCUT2D eigenvalue weighted by molar-refractivity contribution is -0.305. The number of amides is 1. The zero-order valence-corrected chi connectivity index (χ0v) is 19.8. The number of hydrogen-bond donors (Lipinski definition) is 1. The third kappa shape index (κ3) is 5.82. The van der Waals surface area contributed by atoms with Crippen LogP contribution in [-0.2, 0) is 30.0 Å². The lowest BCUT2D eigenvalue weighted by atomic mass is 9.98. The van der Waals surface area contributed by atoms with Crippen LogP contribution in [0.2, 0.25) is 18.1 Å². The van der Waals surface area contributed by atoms with Crippen molar-refractivity contribution in [2.24, 2.45) is 0 Å². The molecule has 0 saturated carbocycles. The highest BCUT2D eigenvalue weighted by Crippen LogP contribution is 2.39. The van der Waals surface area contributed by atoms with Gasteiger partial charge in [0.2, 0.25) is 0 Å². The minimum Gasteiger partial charge on any atom is -0.445 e. The van der Waals surface area contributed by atoms with Gasteiger partial charge in [0, 0.05) is 6.42 Å². The van der Waals surface area contributed by atoms with Gasteiger partial charge in [-0.05, 0) is 30.6 Å². The molecule has 2 aliphatic rings. The topological polar surface area (TPSA) is 75.2 Å². The molecule has 5 atom stereocenters. The van der Waals surface area contributed by atoms with Crippen LogP contribution in [0.1, 0.15) is 39.7 Å². The molecule has 3 rings (SSSR count). The highest BCUT2D eigenvalue weighted by atomic mass is 28.4. The number of rotatable bonds is 5. The van der Waals surface area contributed by atoms with E-state index in [0.717, 1.165) is 5.56 Å². The van der Waals surface area contributed by atoms with E-state index in [1.807, 2.05) is 37.3 Å². The number of carbonyl (C=O) groups excluding carboxylic acids is 1. The Bertz CT molecular complexity index is 707. The third-order valence-electron chi connectivity index (χ3n) is 6.13. The predicted octanol–water partition coefficient (Wildman–Crippen LogP) is 4.18. The highest BCUT2D eigenvalue weighted by Gasteiger charge is 2.47. The minimum atomic E-state index is -2.04. The molecule has 7 nitrogen and oxygen atoms in total. The molecule has 0 radical (unpaired) electrons. The molecule has 168 valence electrons. The van der Waals surface area contributed by atoms with E-state index in [0.29, 0.717) is 13.0 Å². The monoisotopic (exact) mass is 437 g/mol. The first-order chi connectivity index (χ1) is 14.0. The van der Waals surface area contributed by atoms with E-state index in [1.54, 1.807) is 0 Å². The van der Waals surface area contributed by atoms with Crippen molar-refractivity contribution in [2.75, 3.05) is 6.61 Å². The summed E-state index contributed by atoms with van der Waals surface area (Å²) in [6.45, 7) is 13.4. The van der Waals surface area contributed by atoms with Crippen molar-refractivity contribution < 1.29 is 28.2 Å². The van der Waals surface area contributed by atoms with E-state index in [9.17, 15) is 4.79 Å². The fourth-order valence-electron chi connectivity index (χ4n) is 3.37. The summed E-state index contributed by atoms with van der Waals surface area (Å²) >= 11 is 0. The fourth-order valence-corrected chi connectivity index (χ4v) is 4.54. The first kappa shape index (κ1) is 23.2. The zero-order chi connectivity index (χ0) is 21.9. The van der Waals surface area contributed by atoms with Crippen LogP contribution < -0.4 is 5.32 Å². The Balaban J connectivity index is 1.65. The van der Waals surface area contributed by atoms with Crippen molar-refractivity contribution >= 4 is 14.4 Å². The number of alkyl carbamates (subject to hydrolysis) is 1. The van der Waals surface area contributed by atoms with Gasteiger partial charge in [0.15, 0.2) is 14.6 Å². The zero-order valence-electron chi connectivity index (χ0n) is 18.8. The van der Waals surface area contributed by atoms with Crippen molar-refractivity contribution in [3.8, 4) is 0 Å². The molecule has 2 saturated heterocycles. The van der Waals surface area contributed by atoms with E-state index in [2.05, 4.69) is 39.2 Å². The maximum Gasteiger partial charge on any atom is 0.407 e. The summed E-state index contributed by atoms with van der Waals surface area (Å²) in [6, 6.07) is 9.32. The molecule has 1 aromatic carbocycles. The average molecular weight is 438 g/mol. The van der Waals surface area contributed by atoms with E-state index in [1.165, 1.54) is 0 Å². The Kier molecular flexibility index (Phi) is 7.24. The summed E-state index contributed by atoms with van der Waals surface area (Å²) in [5.74, 6) is 0. The molecule has 0 aliphatic carbocycles. The highest BCUT2D eigenvalue weighted by molar-refractivity contribution is 6.74. The molecule has 1 amide bonds. The SMILES string of the molecule is C[C@@H]1OC[C@H]2O[C@@H](O[Si](C)(C)C(C)(C)C)C[C@@H](NC(=O)OCc3ccccc3)[C@@H]2O1. The van der Waals surface area contributed by atoms with Crippen LogP contribution in [0.4, 0.5) is 4.79 Å². The lowest BCUT2D eigenvalue weighted by Crippen LogP contribution is -2.62. The maximum atomic E-state index is 12.5. The minimum absolute atomic E-state index is 0.0544. The Morgan fingerprint density at radius 3 is 2.57 bits per heavy atom. The normalized spacial score (nSPS) is 29.7. The molecule has 0 unspecified atom stereocenters. The standard InChI is InChI=1S/C22H35NO6Si/c1-15-25-14-18-20(27-15)17(12-19(28-18)29-30(5,6)22(2,3)4)23-21(24)26-13-16-10-8-7-9-11-16/h7-11,15,17-20H,12-14H2,1-6H3,(H,23,24)/t15-,17-,18-,19+,20+/m1/s1. The van der Waals surface area contributed by atoms with Gasteiger partial charge in [-0.1, -0.05) is 51.1 Å². The quantitative estimate of drug-likeness (QED) is 0.697. The van der Waals surface area contributed by atoms with Crippen molar-refractivity contribution in [3.05, 3.63) is 35.9 Å². The molecular weight excluding hydrogens is 402 g/mol. The summed E-state index contributed by atoms with van der Waals surface area (Å²) < 4.78 is 29.6. The van der Waals surface area contributed by atoms with Gasteiger partial charge in [0.05, 0.1) is 12.6 Å². The number of hydrogen-bond acceptors (Lipinski definition) is 6. The Labute approximate surface area is 180 Å². The van der Waals surface area contributed by atoms with Gasteiger partial charge in [-0.2, -0.15) is 0 Å². The van der Waals surface area contributed by atoms with Gasteiger partial charge in [0.1, 0.15) is 25.1 Å².